The minimum atomic E-state index is -0.812. The highest BCUT2D eigenvalue weighted by molar-refractivity contribution is 5.93. The Morgan fingerprint density at radius 2 is 1.77 bits per heavy atom. The number of ether oxygens (including phenoxy) is 1. The Kier molecular flexibility index (Phi) is 5.33. The number of amides is 1. The zero-order valence-electron chi connectivity index (χ0n) is 16.0. The molecule has 2 aromatic heterocycles. The van der Waals surface area contributed by atoms with Crippen LogP contribution >= 0.6 is 0 Å². The molecule has 0 aliphatic carbocycles. The lowest BCUT2D eigenvalue weighted by Crippen LogP contribution is -2.21. The second-order valence-electron chi connectivity index (χ2n) is 6.32. The van der Waals surface area contributed by atoms with Crippen LogP contribution in [0.1, 0.15) is 16.4 Å². The van der Waals surface area contributed by atoms with Crippen LogP contribution in [0.25, 0.3) is 17.1 Å². The van der Waals surface area contributed by atoms with E-state index in [1.54, 1.807) is 17.7 Å². The highest BCUT2D eigenvalue weighted by Gasteiger charge is 2.21. The highest BCUT2D eigenvalue weighted by atomic mass is 16.5. The molecule has 0 spiro atoms. The number of carbonyl (C=O) groups is 2. The van der Waals surface area contributed by atoms with Crippen molar-refractivity contribution in [2.24, 2.45) is 0 Å². The summed E-state index contributed by atoms with van der Waals surface area (Å²) in [4.78, 5) is 28.8. The van der Waals surface area contributed by atoms with Gasteiger partial charge >= 0.3 is 5.97 Å². The molecule has 0 aliphatic heterocycles. The van der Waals surface area contributed by atoms with E-state index >= 15 is 0 Å². The normalized spacial score (nSPS) is 10.6. The van der Waals surface area contributed by atoms with Gasteiger partial charge in [-0.2, -0.15) is 0 Å². The van der Waals surface area contributed by atoms with E-state index in [9.17, 15) is 9.59 Å². The predicted octanol–water partition coefficient (Wildman–Crippen LogP) is 3.03. The van der Waals surface area contributed by atoms with Gasteiger partial charge in [-0.3, -0.25) is 4.79 Å². The molecule has 0 atom stereocenters. The van der Waals surface area contributed by atoms with E-state index in [0.29, 0.717) is 11.6 Å². The summed E-state index contributed by atoms with van der Waals surface area (Å²) in [6.45, 7) is 1.19. The quantitative estimate of drug-likeness (QED) is 0.493. The number of nitrogens with zero attached hydrogens (tertiary/aromatic N) is 4. The minimum Gasteiger partial charge on any atom is -0.450 e. The summed E-state index contributed by atoms with van der Waals surface area (Å²) < 4.78 is 11.5. The number of carbonyl (C=O) groups excluding carboxylic acids is 2. The fourth-order valence-electron chi connectivity index (χ4n) is 2.72. The van der Waals surface area contributed by atoms with Gasteiger partial charge in [0.2, 0.25) is 0 Å². The van der Waals surface area contributed by atoms with Gasteiger partial charge in [0, 0.05) is 11.6 Å². The average Bonchev–Trinajstić information content (AvgIpc) is 3.40. The largest absolute Gasteiger partial charge is 0.450 e. The van der Waals surface area contributed by atoms with E-state index in [4.69, 9.17) is 9.26 Å². The van der Waals surface area contributed by atoms with Crippen molar-refractivity contribution in [1.82, 2.24) is 19.9 Å². The second kappa shape index (κ2) is 8.39. The fraction of sp³-hybridized carbons (Fsp3) is 0.0952. The van der Waals surface area contributed by atoms with Crippen LogP contribution in [0.2, 0.25) is 0 Å². The van der Waals surface area contributed by atoms with Crippen molar-refractivity contribution in [2.75, 3.05) is 11.9 Å². The average molecular weight is 403 g/mol. The summed E-state index contributed by atoms with van der Waals surface area (Å²) in [6.07, 6.45) is 0. The topological polar surface area (TPSA) is 112 Å². The van der Waals surface area contributed by atoms with Crippen LogP contribution < -0.4 is 5.32 Å². The molecule has 9 nitrogen and oxygen atoms in total. The van der Waals surface area contributed by atoms with Gasteiger partial charge in [0.05, 0.1) is 5.69 Å². The van der Waals surface area contributed by atoms with Crippen LogP contribution in [0.15, 0.2) is 71.3 Å². The lowest BCUT2D eigenvalue weighted by Gasteiger charge is -2.05. The number of nitrogens with one attached hydrogen (secondary N) is 1. The molecule has 1 amide bonds. The highest BCUT2D eigenvalue weighted by Crippen LogP contribution is 2.21. The molecule has 1 N–H and O–H groups in total. The zero-order valence-corrected chi connectivity index (χ0v) is 16.0. The van der Waals surface area contributed by atoms with Crippen molar-refractivity contribution in [3.05, 3.63) is 78.3 Å². The van der Waals surface area contributed by atoms with Gasteiger partial charge < -0.3 is 14.6 Å². The standard InChI is InChI=1S/C21H17N5O4/c1-14-12-17(25-30-14)22-18(27)13-29-21(28)19-23-20(15-8-4-2-5-9-15)26(24-19)16-10-6-3-7-11-16/h2-12H,13H2,1H3,(H,22,25,27). The van der Waals surface area contributed by atoms with Crippen molar-refractivity contribution in [3.63, 3.8) is 0 Å². The van der Waals surface area contributed by atoms with Gasteiger partial charge in [0.25, 0.3) is 11.7 Å². The molecule has 4 aromatic rings. The first-order valence-electron chi connectivity index (χ1n) is 9.08. The van der Waals surface area contributed by atoms with Gasteiger partial charge in [-0.1, -0.05) is 53.7 Å². The number of rotatable bonds is 6. The maximum Gasteiger partial charge on any atom is 0.378 e. The lowest BCUT2D eigenvalue weighted by atomic mass is 10.2. The van der Waals surface area contributed by atoms with Crippen LogP contribution in [-0.4, -0.2) is 38.4 Å². The smallest absolute Gasteiger partial charge is 0.378 e. The maximum absolute atomic E-state index is 12.5. The summed E-state index contributed by atoms with van der Waals surface area (Å²) in [5.74, 6) is -0.243. The first-order valence-corrected chi connectivity index (χ1v) is 9.08. The minimum absolute atomic E-state index is 0.150. The number of aryl methyl sites for hydroxylation is 1. The molecule has 2 heterocycles. The van der Waals surface area contributed by atoms with Crippen LogP contribution in [-0.2, 0) is 9.53 Å². The van der Waals surface area contributed by atoms with Crippen molar-refractivity contribution in [2.45, 2.75) is 6.92 Å². The van der Waals surface area contributed by atoms with Crippen molar-refractivity contribution < 1.29 is 18.8 Å². The number of benzene rings is 2. The molecule has 9 heteroatoms. The van der Waals surface area contributed by atoms with Gasteiger partial charge in [-0.25, -0.2) is 14.5 Å². The molecule has 2 aromatic carbocycles. The van der Waals surface area contributed by atoms with Crippen LogP contribution in [0.5, 0.6) is 0 Å². The van der Waals surface area contributed by atoms with E-state index in [2.05, 4.69) is 20.6 Å². The monoisotopic (exact) mass is 403 g/mol. The Hall–Kier alpha value is -4.27. The Morgan fingerprint density at radius 1 is 1.07 bits per heavy atom. The fourth-order valence-corrected chi connectivity index (χ4v) is 2.72. The first kappa shape index (κ1) is 19.1. The number of hydrogen-bond donors (Lipinski definition) is 1. The van der Waals surface area contributed by atoms with E-state index in [0.717, 1.165) is 11.3 Å². The molecule has 0 fully saturated rings. The van der Waals surface area contributed by atoms with Crippen LogP contribution in [0.4, 0.5) is 5.82 Å². The molecule has 0 aliphatic rings. The second-order valence-corrected chi connectivity index (χ2v) is 6.32. The molecule has 4 rings (SSSR count). The van der Waals surface area contributed by atoms with Gasteiger partial charge in [-0.15, -0.1) is 5.10 Å². The lowest BCUT2D eigenvalue weighted by molar-refractivity contribution is -0.119. The molecule has 0 unspecified atom stereocenters. The van der Waals surface area contributed by atoms with Crippen molar-refractivity contribution in [1.29, 1.82) is 0 Å². The third-order valence-electron chi connectivity index (χ3n) is 4.05. The van der Waals surface area contributed by atoms with Gasteiger partial charge in [0.15, 0.2) is 18.2 Å². The predicted molar refractivity (Wildman–Crippen MR) is 107 cm³/mol. The molecular weight excluding hydrogens is 386 g/mol. The Morgan fingerprint density at radius 3 is 2.43 bits per heavy atom. The molecular formula is C21H17N5O4. The molecule has 0 radical (unpaired) electrons. The third-order valence-corrected chi connectivity index (χ3v) is 4.05. The molecule has 150 valence electrons. The van der Waals surface area contributed by atoms with Crippen molar-refractivity contribution in [3.8, 4) is 17.1 Å². The van der Waals surface area contributed by atoms with E-state index in [-0.39, 0.29) is 11.6 Å². The molecule has 30 heavy (non-hydrogen) atoms. The van der Waals surface area contributed by atoms with Crippen LogP contribution in [0.3, 0.4) is 0 Å². The summed E-state index contributed by atoms with van der Waals surface area (Å²) in [7, 11) is 0. The number of hydrogen-bond acceptors (Lipinski definition) is 7. The summed E-state index contributed by atoms with van der Waals surface area (Å²) >= 11 is 0. The Labute approximate surface area is 171 Å². The SMILES string of the molecule is Cc1cc(NC(=O)COC(=O)c2nc(-c3ccccc3)n(-c3ccccc3)n2)no1. The Balaban J connectivity index is 1.53. The van der Waals surface area contributed by atoms with Crippen molar-refractivity contribution >= 4 is 17.7 Å². The maximum atomic E-state index is 12.5. The van der Waals surface area contributed by atoms with E-state index < -0.39 is 18.5 Å². The molecule has 0 bridgehead atoms. The molecule has 0 saturated heterocycles. The third kappa shape index (κ3) is 4.25. The van der Waals surface area contributed by atoms with Crippen LogP contribution in [0, 0.1) is 6.92 Å². The first-order chi connectivity index (χ1) is 14.6. The van der Waals surface area contributed by atoms with E-state index in [1.165, 1.54) is 0 Å². The number of aromatic nitrogens is 4. The number of esters is 1. The Bertz CT molecular complexity index is 1110. The number of anilines is 1. The summed E-state index contributed by atoms with van der Waals surface area (Å²) in [6, 6.07) is 20.2. The van der Waals surface area contributed by atoms with E-state index in [1.807, 2.05) is 60.7 Å². The zero-order chi connectivity index (χ0) is 20.9. The number of para-hydroxylation sites is 1. The van der Waals surface area contributed by atoms with Gasteiger partial charge in [-0.05, 0) is 19.1 Å². The van der Waals surface area contributed by atoms with Gasteiger partial charge in [0.1, 0.15) is 5.76 Å². The summed E-state index contributed by atoms with van der Waals surface area (Å²) in [5.41, 5.74) is 1.52. The summed E-state index contributed by atoms with van der Waals surface area (Å²) in [5, 5.41) is 10.4. The molecule has 0 saturated carbocycles.